The van der Waals surface area contributed by atoms with E-state index in [1.165, 1.54) is 0 Å². The van der Waals surface area contributed by atoms with Crippen LogP contribution in [0.1, 0.15) is 0 Å². The Hall–Kier alpha value is 0.510. The molecule has 0 N–H and O–H groups in total. The molecule has 0 saturated carbocycles. The van der Waals surface area contributed by atoms with E-state index in [0.717, 1.165) is 13.1 Å². The highest BCUT2D eigenvalue weighted by Gasteiger charge is 2.10. The molecular weight excluding hydrogens is 431 g/mol. The molecule has 0 aliphatic heterocycles. The van der Waals surface area contributed by atoms with E-state index in [2.05, 4.69) is 57.8 Å². The van der Waals surface area contributed by atoms with Gasteiger partial charge in [-0.15, -0.1) is 11.3 Å². The van der Waals surface area contributed by atoms with Crippen molar-refractivity contribution in [1.29, 1.82) is 0 Å². The van der Waals surface area contributed by atoms with Gasteiger partial charge in [-0.3, -0.25) is 0 Å². The summed E-state index contributed by atoms with van der Waals surface area (Å²) in [5, 5.41) is 0.417. The van der Waals surface area contributed by atoms with Crippen LogP contribution in [0.25, 0.3) is 10.7 Å². The second-order valence-electron chi connectivity index (χ2n) is 2.56. The van der Waals surface area contributed by atoms with Gasteiger partial charge >= 0.3 is 0 Å². The van der Waals surface area contributed by atoms with Crippen molar-refractivity contribution in [2.24, 2.45) is 0 Å². The second kappa shape index (κ2) is 4.79. The molecule has 0 fully saturated rings. The molecule has 2 heterocycles. The van der Waals surface area contributed by atoms with Crippen LogP contribution >= 0.6 is 70.7 Å². The van der Waals surface area contributed by atoms with Crippen LogP contribution in [0.15, 0.2) is 25.0 Å². The molecule has 0 unspecified atom stereocenters. The van der Waals surface area contributed by atoms with Gasteiger partial charge in [0, 0.05) is 10.7 Å². The first-order chi connectivity index (χ1) is 7.08. The average molecular weight is 433 g/mol. The Bertz CT molecular complexity index is 495. The first-order valence-corrected chi connectivity index (χ1v) is 7.28. The van der Waals surface area contributed by atoms with Crippen LogP contribution < -0.4 is 0 Å². The standard InChI is InChI=1S/C8H2Br3ClN2S/c9-3-1-5(15-6(3)11)8-13-2-4(10)7(12)14-8/h1-2H. The number of hydrogen-bond acceptors (Lipinski definition) is 3. The van der Waals surface area contributed by atoms with Gasteiger partial charge < -0.3 is 0 Å². The molecule has 0 aliphatic rings. The second-order valence-corrected chi connectivity index (χ2v) is 7.00. The van der Waals surface area contributed by atoms with Crippen molar-refractivity contribution >= 4 is 70.7 Å². The van der Waals surface area contributed by atoms with Crippen molar-refractivity contribution in [1.82, 2.24) is 9.97 Å². The molecule has 7 heteroatoms. The van der Waals surface area contributed by atoms with Gasteiger partial charge in [-0.05, 0) is 53.9 Å². The van der Waals surface area contributed by atoms with Gasteiger partial charge in [-0.1, -0.05) is 11.6 Å². The molecule has 2 nitrogen and oxygen atoms in total. The third-order valence-corrected chi connectivity index (χ3v) is 5.92. The monoisotopic (exact) mass is 430 g/mol. The quantitative estimate of drug-likeness (QED) is 0.582. The Morgan fingerprint density at radius 3 is 2.47 bits per heavy atom. The van der Waals surface area contributed by atoms with Crippen LogP contribution in [0.5, 0.6) is 0 Å². The lowest BCUT2D eigenvalue weighted by Gasteiger charge is -1.97. The highest BCUT2D eigenvalue weighted by atomic mass is 79.9. The minimum Gasteiger partial charge on any atom is -0.235 e. The fourth-order valence-electron chi connectivity index (χ4n) is 0.922. The van der Waals surface area contributed by atoms with E-state index >= 15 is 0 Å². The SMILES string of the molecule is Clc1nc(-c2cc(Br)c(Br)s2)ncc1Br. The van der Waals surface area contributed by atoms with E-state index in [1.807, 2.05) is 6.07 Å². The molecule has 0 spiro atoms. The summed E-state index contributed by atoms with van der Waals surface area (Å²) < 4.78 is 2.70. The van der Waals surface area contributed by atoms with Gasteiger partial charge in [0.2, 0.25) is 0 Å². The Balaban J connectivity index is 2.49. The zero-order valence-electron chi connectivity index (χ0n) is 6.97. The van der Waals surface area contributed by atoms with Crippen LogP contribution in [-0.4, -0.2) is 9.97 Å². The van der Waals surface area contributed by atoms with Crippen LogP contribution in [0.2, 0.25) is 5.15 Å². The van der Waals surface area contributed by atoms with Crippen molar-refractivity contribution in [3.8, 4) is 10.7 Å². The molecule has 0 saturated heterocycles. The minimum atomic E-state index is 0.417. The van der Waals surface area contributed by atoms with Crippen molar-refractivity contribution in [3.63, 3.8) is 0 Å². The van der Waals surface area contributed by atoms with E-state index in [4.69, 9.17) is 11.6 Å². The molecule has 0 atom stereocenters. The van der Waals surface area contributed by atoms with E-state index in [1.54, 1.807) is 17.5 Å². The van der Waals surface area contributed by atoms with Crippen molar-refractivity contribution < 1.29 is 0 Å². The number of thiophene rings is 1. The highest BCUT2D eigenvalue weighted by Crippen LogP contribution is 2.37. The molecule has 0 radical (unpaired) electrons. The van der Waals surface area contributed by atoms with Crippen LogP contribution in [0.3, 0.4) is 0 Å². The Morgan fingerprint density at radius 1 is 1.20 bits per heavy atom. The number of hydrogen-bond donors (Lipinski definition) is 0. The van der Waals surface area contributed by atoms with Crippen LogP contribution in [0.4, 0.5) is 0 Å². The van der Waals surface area contributed by atoms with Crippen LogP contribution in [-0.2, 0) is 0 Å². The molecule has 15 heavy (non-hydrogen) atoms. The third-order valence-electron chi connectivity index (χ3n) is 1.57. The zero-order valence-corrected chi connectivity index (χ0v) is 13.3. The first kappa shape index (κ1) is 12.0. The molecule has 0 aliphatic carbocycles. The summed E-state index contributed by atoms with van der Waals surface area (Å²) in [5.74, 6) is 0.625. The zero-order chi connectivity index (χ0) is 11.0. The van der Waals surface area contributed by atoms with Gasteiger partial charge in [0.15, 0.2) is 5.82 Å². The van der Waals surface area contributed by atoms with E-state index in [9.17, 15) is 0 Å². The summed E-state index contributed by atoms with van der Waals surface area (Å²) in [6.07, 6.45) is 1.65. The van der Waals surface area contributed by atoms with Gasteiger partial charge in [-0.25, -0.2) is 9.97 Å². The number of halogens is 4. The van der Waals surface area contributed by atoms with Crippen LogP contribution in [0, 0.1) is 0 Å². The predicted octanol–water partition coefficient (Wildman–Crippen LogP) is 5.15. The smallest absolute Gasteiger partial charge is 0.171 e. The Kier molecular flexibility index (Phi) is 3.83. The van der Waals surface area contributed by atoms with Crippen molar-refractivity contribution in [2.75, 3.05) is 0 Å². The minimum absolute atomic E-state index is 0.417. The molecular formula is C8H2Br3ClN2S. The molecule has 0 aromatic carbocycles. The molecule has 2 aromatic heterocycles. The molecule has 78 valence electrons. The fourth-order valence-corrected chi connectivity index (χ4v) is 3.22. The van der Waals surface area contributed by atoms with Crippen molar-refractivity contribution in [3.05, 3.63) is 30.1 Å². The third kappa shape index (κ3) is 2.61. The molecule has 0 amide bonds. The summed E-state index contributed by atoms with van der Waals surface area (Å²) in [6, 6.07) is 1.95. The summed E-state index contributed by atoms with van der Waals surface area (Å²) >= 11 is 17.5. The lowest BCUT2D eigenvalue weighted by atomic mass is 10.4. The first-order valence-electron chi connectivity index (χ1n) is 3.71. The topological polar surface area (TPSA) is 25.8 Å². The number of rotatable bonds is 1. The lowest BCUT2D eigenvalue weighted by molar-refractivity contribution is 1.17. The number of nitrogens with zero attached hydrogens (tertiary/aromatic N) is 2. The summed E-state index contributed by atoms with van der Waals surface area (Å²) in [7, 11) is 0. The maximum Gasteiger partial charge on any atom is 0.171 e. The van der Waals surface area contributed by atoms with Gasteiger partial charge in [0.1, 0.15) is 5.15 Å². The van der Waals surface area contributed by atoms with Gasteiger partial charge in [0.05, 0.1) is 13.1 Å². The largest absolute Gasteiger partial charge is 0.235 e. The maximum atomic E-state index is 5.89. The van der Waals surface area contributed by atoms with Gasteiger partial charge in [-0.2, -0.15) is 0 Å². The average Bonchev–Trinajstić information content (AvgIpc) is 2.52. The molecule has 2 rings (SSSR count). The van der Waals surface area contributed by atoms with E-state index < -0.39 is 0 Å². The normalized spacial score (nSPS) is 10.7. The fraction of sp³-hybridized carbons (Fsp3) is 0. The lowest BCUT2D eigenvalue weighted by Crippen LogP contribution is -1.86. The summed E-state index contributed by atoms with van der Waals surface area (Å²) in [6.45, 7) is 0. The maximum absolute atomic E-state index is 5.89. The summed E-state index contributed by atoms with van der Waals surface area (Å²) in [4.78, 5) is 9.32. The number of aromatic nitrogens is 2. The Morgan fingerprint density at radius 2 is 1.93 bits per heavy atom. The van der Waals surface area contributed by atoms with E-state index in [-0.39, 0.29) is 0 Å². The van der Waals surface area contributed by atoms with Crippen molar-refractivity contribution in [2.45, 2.75) is 0 Å². The van der Waals surface area contributed by atoms with E-state index in [0.29, 0.717) is 15.5 Å². The molecule has 0 bridgehead atoms. The van der Waals surface area contributed by atoms with Gasteiger partial charge in [0.25, 0.3) is 0 Å². The highest BCUT2D eigenvalue weighted by molar-refractivity contribution is 9.13. The Labute approximate surface area is 120 Å². The molecule has 2 aromatic rings. The summed E-state index contributed by atoms with van der Waals surface area (Å²) in [5.41, 5.74) is 0. The predicted molar refractivity (Wildman–Crippen MR) is 73.5 cm³/mol.